The van der Waals surface area contributed by atoms with E-state index in [1.165, 1.54) is 5.56 Å². The average molecular weight is 391 g/mol. The van der Waals surface area contributed by atoms with Gasteiger partial charge in [0.25, 0.3) is 5.91 Å². The molecular weight excluding hydrogens is 366 g/mol. The summed E-state index contributed by atoms with van der Waals surface area (Å²) in [6.45, 7) is 2.55. The first-order valence-electron chi connectivity index (χ1n) is 9.38. The minimum absolute atomic E-state index is 0.153. The van der Waals surface area contributed by atoms with Gasteiger partial charge in [0.15, 0.2) is 11.5 Å². The largest absolute Gasteiger partial charge is 0.493 e. The van der Waals surface area contributed by atoms with Crippen molar-refractivity contribution in [2.45, 2.75) is 13.3 Å². The van der Waals surface area contributed by atoms with Gasteiger partial charge in [-0.2, -0.15) is 0 Å². The first-order chi connectivity index (χ1) is 14.1. The molecule has 0 spiro atoms. The molecule has 2 aromatic carbocycles. The van der Waals surface area contributed by atoms with Crippen molar-refractivity contribution in [2.75, 3.05) is 26.1 Å². The molecular formula is C23H25N3O3. The van der Waals surface area contributed by atoms with Crippen molar-refractivity contribution in [3.63, 3.8) is 0 Å². The third kappa shape index (κ3) is 5.48. The third-order valence-electron chi connectivity index (χ3n) is 4.50. The number of nitrogens with one attached hydrogen (secondary N) is 2. The molecule has 6 nitrogen and oxygen atoms in total. The summed E-state index contributed by atoms with van der Waals surface area (Å²) in [7, 11) is 3.21. The number of carbonyl (C=O) groups is 1. The van der Waals surface area contributed by atoms with Gasteiger partial charge in [-0.15, -0.1) is 0 Å². The predicted molar refractivity (Wildman–Crippen MR) is 114 cm³/mol. The van der Waals surface area contributed by atoms with E-state index >= 15 is 0 Å². The maximum absolute atomic E-state index is 12.3. The Morgan fingerprint density at radius 1 is 0.966 bits per heavy atom. The van der Waals surface area contributed by atoms with E-state index in [4.69, 9.17) is 9.47 Å². The van der Waals surface area contributed by atoms with Crippen LogP contribution in [-0.4, -0.2) is 31.7 Å². The van der Waals surface area contributed by atoms with Crippen LogP contribution in [0.15, 0.2) is 60.8 Å². The average Bonchev–Trinajstić information content (AvgIpc) is 2.75. The van der Waals surface area contributed by atoms with Crippen LogP contribution in [0.1, 0.15) is 21.5 Å². The molecule has 1 heterocycles. The smallest absolute Gasteiger partial charge is 0.252 e. The number of aromatic nitrogens is 1. The molecule has 0 saturated carbocycles. The summed E-state index contributed by atoms with van der Waals surface area (Å²) < 4.78 is 10.5. The third-order valence-corrected chi connectivity index (χ3v) is 4.50. The molecule has 0 saturated heterocycles. The maximum atomic E-state index is 12.3. The zero-order valence-corrected chi connectivity index (χ0v) is 16.9. The molecule has 2 N–H and O–H groups in total. The molecule has 1 aromatic heterocycles. The van der Waals surface area contributed by atoms with Gasteiger partial charge >= 0.3 is 0 Å². The summed E-state index contributed by atoms with van der Waals surface area (Å²) in [5, 5.41) is 6.13. The Morgan fingerprint density at radius 2 is 1.72 bits per heavy atom. The number of aryl methyl sites for hydroxylation is 1. The Bertz CT molecular complexity index is 954. The van der Waals surface area contributed by atoms with Crippen LogP contribution < -0.4 is 20.1 Å². The van der Waals surface area contributed by atoms with Crippen LogP contribution in [0.3, 0.4) is 0 Å². The molecule has 150 valence electrons. The fourth-order valence-electron chi connectivity index (χ4n) is 2.85. The van der Waals surface area contributed by atoms with Crippen molar-refractivity contribution in [3.8, 4) is 11.5 Å². The number of ether oxygens (including phenoxy) is 2. The molecule has 0 unspecified atom stereocenters. The number of hydrogen-bond donors (Lipinski definition) is 2. The fraction of sp³-hybridized carbons (Fsp3) is 0.217. The van der Waals surface area contributed by atoms with Gasteiger partial charge < -0.3 is 20.1 Å². The fourth-order valence-corrected chi connectivity index (χ4v) is 2.85. The van der Waals surface area contributed by atoms with Gasteiger partial charge in [0, 0.05) is 18.4 Å². The number of nitrogens with zero attached hydrogens (tertiary/aromatic N) is 1. The quantitative estimate of drug-likeness (QED) is 0.604. The number of benzene rings is 2. The summed E-state index contributed by atoms with van der Waals surface area (Å²) in [6.07, 6.45) is 2.26. The lowest BCUT2D eigenvalue weighted by atomic mass is 10.1. The molecule has 0 aliphatic rings. The van der Waals surface area contributed by atoms with E-state index in [1.54, 1.807) is 32.5 Å². The minimum Gasteiger partial charge on any atom is -0.493 e. The zero-order valence-electron chi connectivity index (χ0n) is 16.9. The van der Waals surface area contributed by atoms with Crippen LogP contribution in [0.4, 0.5) is 11.5 Å². The normalized spacial score (nSPS) is 10.3. The van der Waals surface area contributed by atoms with Crippen LogP contribution in [-0.2, 0) is 6.42 Å². The highest BCUT2D eigenvalue weighted by Gasteiger charge is 2.08. The van der Waals surface area contributed by atoms with Gasteiger partial charge in [0.2, 0.25) is 0 Å². The van der Waals surface area contributed by atoms with Crippen molar-refractivity contribution in [1.82, 2.24) is 10.3 Å². The Balaban J connectivity index is 1.52. The summed E-state index contributed by atoms with van der Waals surface area (Å²) in [6, 6.07) is 17.3. The molecule has 0 atom stereocenters. The van der Waals surface area contributed by atoms with E-state index in [0.29, 0.717) is 35.8 Å². The van der Waals surface area contributed by atoms with Crippen LogP contribution in [0, 0.1) is 6.92 Å². The van der Waals surface area contributed by atoms with E-state index in [-0.39, 0.29) is 5.91 Å². The Hall–Kier alpha value is -3.54. The van der Waals surface area contributed by atoms with Crippen LogP contribution in [0.25, 0.3) is 0 Å². The molecule has 0 aliphatic carbocycles. The highest BCUT2D eigenvalue weighted by molar-refractivity contribution is 5.94. The van der Waals surface area contributed by atoms with E-state index in [9.17, 15) is 4.79 Å². The van der Waals surface area contributed by atoms with Gasteiger partial charge in [0.1, 0.15) is 5.82 Å². The first-order valence-corrected chi connectivity index (χ1v) is 9.38. The summed E-state index contributed by atoms with van der Waals surface area (Å²) in [5.41, 5.74) is 3.73. The lowest BCUT2D eigenvalue weighted by Crippen LogP contribution is -2.25. The number of pyridine rings is 1. The monoisotopic (exact) mass is 391 g/mol. The SMILES string of the molecule is COc1ccc(CCNC(=O)c2ccc(Nc3ccc(C)cc3)nc2)cc1OC. The second-order valence-electron chi connectivity index (χ2n) is 6.62. The summed E-state index contributed by atoms with van der Waals surface area (Å²) in [4.78, 5) is 16.7. The summed E-state index contributed by atoms with van der Waals surface area (Å²) in [5.74, 6) is 1.90. The van der Waals surface area contributed by atoms with E-state index in [0.717, 1.165) is 11.3 Å². The summed E-state index contributed by atoms with van der Waals surface area (Å²) >= 11 is 0. The molecule has 3 rings (SSSR count). The molecule has 6 heteroatoms. The topological polar surface area (TPSA) is 72.5 Å². The van der Waals surface area contributed by atoms with Crippen LogP contribution in [0.2, 0.25) is 0 Å². The minimum atomic E-state index is -0.153. The molecule has 1 amide bonds. The van der Waals surface area contributed by atoms with Gasteiger partial charge in [-0.05, 0) is 55.3 Å². The Morgan fingerprint density at radius 3 is 2.38 bits per heavy atom. The number of rotatable bonds is 8. The first kappa shape index (κ1) is 20.2. The molecule has 0 radical (unpaired) electrons. The Kier molecular flexibility index (Phi) is 6.68. The van der Waals surface area contributed by atoms with Gasteiger partial charge in [-0.1, -0.05) is 23.8 Å². The van der Waals surface area contributed by atoms with Crippen molar-refractivity contribution in [3.05, 3.63) is 77.5 Å². The Labute approximate surface area is 170 Å². The van der Waals surface area contributed by atoms with Crippen molar-refractivity contribution in [1.29, 1.82) is 0 Å². The number of amides is 1. The highest BCUT2D eigenvalue weighted by atomic mass is 16.5. The number of hydrogen-bond acceptors (Lipinski definition) is 5. The number of anilines is 2. The standard InChI is InChI=1S/C23H25N3O3/c1-16-4-8-19(9-5-16)26-22-11-7-18(15-25-22)23(27)24-13-12-17-6-10-20(28-2)21(14-17)29-3/h4-11,14-15H,12-13H2,1-3H3,(H,24,27)(H,25,26). The van der Waals surface area contributed by atoms with Crippen molar-refractivity contribution < 1.29 is 14.3 Å². The lowest BCUT2D eigenvalue weighted by molar-refractivity contribution is 0.0954. The molecule has 0 aliphatic heterocycles. The van der Waals surface area contributed by atoms with Gasteiger partial charge in [-0.25, -0.2) is 4.98 Å². The van der Waals surface area contributed by atoms with Crippen molar-refractivity contribution >= 4 is 17.4 Å². The van der Waals surface area contributed by atoms with E-state index in [2.05, 4.69) is 15.6 Å². The molecule has 0 bridgehead atoms. The highest BCUT2D eigenvalue weighted by Crippen LogP contribution is 2.27. The zero-order chi connectivity index (χ0) is 20.6. The van der Waals surface area contributed by atoms with Gasteiger partial charge in [0.05, 0.1) is 19.8 Å². The van der Waals surface area contributed by atoms with E-state index in [1.807, 2.05) is 49.4 Å². The lowest BCUT2D eigenvalue weighted by Gasteiger charge is -2.10. The molecule has 29 heavy (non-hydrogen) atoms. The van der Waals surface area contributed by atoms with Crippen LogP contribution in [0.5, 0.6) is 11.5 Å². The maximum Gasteiger partial charge on any atom is 0.252 e. The molecule has 0 fully saturated rings. The predicted octanol–water partition coefficient (Wildman–Crippen LogP) is 4.12. The van der Waals surface area contributed by atoms with Crippen LogP contribution >= 0.6 is 0 Å². The second-order valence-corrected chi connectivity index (χ2v) is 6.62. The van der Waals surface area contributed by atoms with E-state index < -0.39 is 0 Å². The van der Waals surface area contributed by atoms with Crippen molar-refractivity contribution in [2.24, 2.45) is 0 Å². The molecule has 3 aromatic rings. The number of carbonyl (C=O) groups excluding carboxylic acids is 1. The number of methoxy groups -OCH3 is 2. The second kappa shape index (κ2) is 9.59. The van der Waals surface area contributed by atoms with Gasteiger partial charge in [-0.3, -0.25) is 4.79 Å².